The Kier molecular flexibility index (Phi) is 4.84. The third-order valence-electron chi connectivity index (χ3n) is 4.04. The van der Waals surface area contributed by atoms with Crippen molar-refractivity contribution < 1.29 is 4.79 Å². The van der Waals surface area contributed by atoms with E-state index in [1.54, 1.807) is 11.3 Å². The van der Waals surface area contributed by atoms with Gasteiger partial charge in [-0.05, 0) is 6.42 Å². The molecule has 0 saturated heterocycles. The molecule has 0 aromatic carbocycles. The first kappa shape index (κ1) is 16.9. The summed E-state index contributed by atoms with van der Waals surface area (Å²) in [5.74, 6) is 1.85. The maximum Gasteiger partial charge on any atom is 0.315 e. The van der Waals surface area contributed by atoms with Crippen LogP contribution >= 0.6 is 11.3 Å². The van der Waals surface area contributed by atoms with E-state index in [2.05, 4.69) is 56.5 Å². The van der Waals surface area contributed by atoms with Crippen LogP contribution < -0.4 is 10.6 Å². The first-order valence-corrected chi connectivity index (χ1v) is 9.19. The molecule has 1 aliphatic heterocycles. The van der Waals surface area contributed by atoms with Crippen LogP contribution in [0.25, 0.3) is 0 Å². The lowest BCUT2D eigenvalue weighted by Gasteiger charge is -2.14. The van der Waals surface area contributed by atoms with E-state index in [0.717, 1.165) is 48.2 Å². The molecule has 0 radical (unpaired) electrons. The van der Waals surface area contributed by atoms with E-state index in [-0.39, 0.29) is 11.4 Å². The average Bonchev–Trinajstić information content (AvgIpc) is 3.21. The summed E-state index contributed by atoms with van der Waals surface area (Å²) in [4.78, 5) is 16.5. The van der Waals surface area contributed by atoms with Gasteiger partial charge in [-0.1, -0.05) is 20.8 Å². The zero-order valence-corrected chi connectivity index (χ0v) is 15.2. The first-order valence-electron chi connectivity index (χ1n) is 8.31. The quantitative estimate of drug-likeness (QED) is 0.866. The number of aromatic nitrogens is 4. The van der Waals surface area contributed by atoms with Gasteiger partial charge in [0.1, 0.15) is 5.82 Å². The Morgan fingerprint density at radius 1 is 1.33 bits per heavy atom. The maximum atomic E-state index is 11.9. The van der Waals surface area contributed by atoms with Crippen LogP contribution in [0.4, 0.5) is 4.79 Å². The summed E-state index contributed by atoms with van der Waals surface area (Å²) in [6.45, 7) is 8.38. The van der Waals surface area contributed by atoms with E-state index in [0.29, 0.717) is 13.1 Å². The lowest BCUT2D eigenvalue weighted by atomic mass is 9.93. The number of hydrogen-bond acceptors (Lipinski definition) is 5. The van der Waals surface area contributed by atoms with Crippen LogP contribution in [0.1, 0.15) is 49.5 Å². The predicted molar refractivity (Wildman–Crippen MR) is 93.1 cm³/mol. The molecule has 3 heterocycles. The Morgan fingerprint density at radius 3 is 2.92 bits per heavy atom. The van der Waals surface area contributed by atoms with Gasteiger partial charge in [-0.15, -0.1) is 21.5 Å². The lowest BCUT2D eigenvalue weighted by molar-refractivity contribution is 0.240. The van der Waals surface area contributed by atoms with E-state index in [1.807, 2.05) is 0 Å². The van der Waals surface area contributed by atoms with Crippen molar-refractivity contribution in [2.24, 2.45) is 0 Å². The molecule has 8 heteroatoms. The third kappa shape index (κ3) is 3.92. The molecule has 0 fully saturated rings. The number of carbonyl (C=O) groups is 1. The molecule has 0 aliphatic carbocycles. The van der Waals surface area contributed by atoms with E-state index in [9.17, 15) is 4.79 Å². The summed E-state index contributed by atoms with van der Waals surface area (Å²) in [5.41, 5.74) is 1.17. The van der Waals surface area contributed by atoms with Crippen LogP contribution in [0.3, 0.4) is 0 Å². The highest BCUT2D eigenvalue weighted by Crippen LogP contribution is 2.23. The summed E-state index contributed by atoms with van der Waals surface area (Å²) in [5, 5.41) is 17.1. The molecule has 1 aliphatic rings. The molecule has 0 bridgehead atoms. The zero-order chi connectivity index (χ0) is 17.2. The number of nitrogens with one attached hydrogen (secondary N) is 2. The van der Waals surface area contributed by atoms with Gasteiger partial charge in [0, 0.05) is 36.7 Å². The Labute approximate surface area is 145 Å². The Morgan fingerprint density at radius 2 is 2.17 bits per heavy atom. The van der Waals surface area contributed by atoms with E-state index in [1.165, 1.54) is 0 Å². The summed E-state index contributed by atoms with van der Waals surface area (Å²) >= 11 is 1.65. The van der Waals surface area contributed by atoms with Gasteiger partial charge >= 0.3 is 6.03 Å². The number of aryl methyl sites for hydroxylation is 1. The molecule has 0 unspecified atom stereocenters. The smallest absolute Gasteiger partial charge is 0.315 e. The number of urea groups is 1. The minimum Gasteiger partial charge on any atom is -0.338 e. The first-order chi connectivity index (χ1) is 11.4. The largest absolute Gasteiger partial charge is 0.338 e. The Balaban J connectivity index is 1.40. The van der Waals surface area contributed by atoms with Crippen molar-refractivity contribution in [1.29, 1.82) is 0 Å². The normalized spacial score (nSPS) is 13.8. The van der Waals surface area contributed by atoms with Crippen molar-refractivity contribution in [3.63, 3.8) is 0 Å². The summed E-state index contributed by atoms with van der Waals surface area (Å²) in [6.07, 6.45) is 2.83. The predicted octanol–water partition coefficient (Wildman–Crippen LogP) is 2.02. The van der Waals surface area contributed by atoms with Crippen molar-refractivity contribution in [2.45, 2.75) is 58.5 Å². The highest BCUT2D eigenvalue weighted by molar-refractivity contribution is 7.09. The molecule has 24 heavy (non-hydrogen) atoms. The van der Waals surface area contributed by atoms with Crippen LogP contribution in [-0.4, -0.2) is 32.3 Å². The molecule has 130 valence electrons. The molecule has 2 aromatic heterocycles. The molecular weight excluding hydrogens is 324 g/mol. The Hall–Kier alpha value is -1.96. The van der Waals surface area contributed by atoms with Gasteiger partial charge in [0.15, 0.2) is 5.82 Å². The maximum absolute atomic E-state index is 11.9. The minimum absolute atomic E-state index is 0.0675. The SMILES string of the molecule is CC(C)(C)c1csc(CCNC(=O)NCc2nnc3n2CCC3)n1. The molecule has 2 aromatic rings. The second-order valence-corrected chi connectivity index (χ2v) is 7.97. The van der Waals surface area contributed by atoms with E-state index in [4.69, 9.17) is 0 Å². The van der Waals surface area contributed by atoms with Gasteiger partial charge in [0.25, 0.3) is 0 Å². The van der Waals surface area contributed by atoms with Crippen molar-refractivity contribution in [2.75, 3.05) is 6.54 Å². The monoisotopic (exact) mass is 348 g/mol. The number of amides is 2. The van der Waals surface area contributed by atoms with Gasteiger partial charge in [0.05, 0.1) is 17.2 Å². The number of nitrogens with zero attached hydrogens (tertiary/aromatic N) is 4. The number of hydrogen-bond donors (Lipinski definition) is 2. The molecular formula is C16H24N6OS. The van der Waals surface area contributed by atoms with Crippen molar-refractivity contribution in [3.05, 3.63) is 27.7 Å². The average molecular weight is 348 g/mol. The van der Waals surface area contributed by atoms with Gasteiger partial charge in [-0.2, -0.15) is 0 Å². The topological polar surface area (TPSA) is 84.7 Å². The second-order valence-electron chi connectivity index (χ2n) is 7.02. The highest BCUT2D eigenvalue weighted by Gasteiger charge is 2.18. The number of rotatable bonds is 5. The molecule has 2 amide bonds. The fraction of sp³-hybridized carbons (Fsp3) is 0.625. The number of thiazole rings is 1. The van der Waals surface area contributed by atoms with Gasteiger partial charge in [-0.3, -0.25) is 0 Å². The molecule has 0 spiro atoms. The Bertz CT molecular complexity index is 714. The van der Waals surface area contributed by atoms with Crippen molar-refractivity contribution in [1.82, 2.24) is 30.4 Å². The van der Waals surface area contributed by atoms with E-state index >= 15 is 0 Å². The molecule has 2 N–H and O–H groups in total. The fourth-order valence-corrected chi connectivity index (χ4v) is 3.64. The van der Waals surface area contributed by atoms with Crippen molar-refractivity contribution >= 4 is 17.4 Å². The van der Waals surface area contributed by atoms with Crippen LogP contribution in [0.5, 0.6) is 0 Å². The van der Waals surface area contributed by atoms with Crippen molar-refractivity contribution in [3.8, 4) is 0 Å². The fourth-order valence-electron chi connectivity index (χ4n) is 2.62. The standard InChI is InChI=1S/C16H24N6OS/c1-16(2,3)11-10-24-14(19-11)6-7-17-15(23)18-9-13-21-20-12-5-4-8-22(12)13/h10H,4-9H2,1-3H3,(H2,17,18,23). The lowest BCUT2D eigenvalue weighted by Crippen LogP contribution is -2.36. The van der Waals surface area contributed by atoms with Crippen LogP contribution in [0.15, 0.2) is 5.38 Å². The molecule has 7 nitrogen and oxygen atoms in total. The van der Waals surface area contributed by atoms with Crippen LogP contribution in [0, 0.1) is 0 Å². The van der Waals surface area contributed by atoms with Gasteiger partial charge < -0.3 is 15.2 Å². The van der Waals surface area contributed by atoms with Crippen LogP contribution in [0.2, 0.25) is 0 Å². The number of fused-ring (bicyclic) bond motifs is 1. The molecule has 0 atom stereocenters. The minimum atomic E-state index is -0.182. The molecule has 0 saturated carbocycles. The third-order valence-corrected chi connectivity index (χ3v) is 4.95. The summed E-state index contributed by atoms with van der Waals surface area (Å²) < 4.78 is 2.09. The van der Waals surface area contributed by atoms with Crippen LogP contribution in [-0.2, 0) is 31.3 Å². The number of carbonyl (C=O) groups excluding carboxylic acids is 1. The summed E-state index contributed by atoms with van der Waals surface area (Å²) in [6, 6.07) is -0.182. The van der Waals surface area contributed by atoms with Gasteiger partial charge in [0.2, 0.25) is 0 Å². The second kappa shape index (κ2) is 6.88. The summed E-state index contributed by atoms with van der Waals surface area (Å²) in [7, 11) is 0. The zero-order valence-electron chi connectivity index (χ0n) is 14.4. The van der Waals surface area contributed by atoms with Gasteiger partial charge in [-0.25, -0.2) is 9.78 Å². The highest BCUT2D eigenvalue weighted by atomic mass is 32.1. The van der Waals surface area contributed by atoms with E-state index < -0.39 is 0 Å². The molecule has 3 rings (SSSR count).